The van der Waals surface area contributed by atoms with Crippen molar-refractivity contribution in [3.05, 3.63) is 23.8 Å². The fourth-order valence-corrected chi connectivity index (χ4v) is 4.23. The number of ether oxygens (including phenoxy) is 2. The number of nitrogens with one attached hydrogen (secondary N) is 2. The molecule has 3 atom stereocenters. The molecule has 0 bridgehead atoms. The van der Waals surface area contributed by atoms with Gasteiger partial charge < -0.3 is 20.1 Å². The highest BCUT2D eigenvalue weighted by Crippen LogP contribution is 2.33. The summed E-state index contributed by atoms with van der Waals surface area (Å²) in [5.74, 6) is 1.39. The van der Waals surface area contributed by atoms with Crippen LogP contribution in [-0.4, -0.2) is 41.6 Å². The van der Waals surface area contributed by atoms with Crippen LogP contribution in [0.3, 0.4) is 0 Å². The molecule has 2 N–H and O–H groups in total. The summed E-state index contributed by atoms with van der Waals surface area (Å²) in [4.78, 5) is 38.4. The van der Waals surface area contributed by atoms with Gasteiger partial charge in [-0.2, -0.15) is 0 Å². The predicted octanol–water partition coefficient (Wildman–Crippen LogP) is 2.31. The molecule has 1 aromatic rings. The first-order valence-electron chi connectivity index (χ1n) is 10.3. The van der Waals surface area contributed by atoms with Crippen LogP contribution >= 0.6 is 0 Å². The maximum absolute atomic E-state index is 12.7. The van der Waals surface area contributed by atoms with Gasteiger partial charge in [-0.25, -0.2) is 4.79 Å². The summed E-state index contributed by atoms with van der Waals surface area (Å²) in [6.07, 6.45) is 5.02. The minimum atomic E-state index is -0.661. The van der Waals surface area contributed by atoms with Gasteiger partial charge in [-0.05, 0) is 42.9 Å². The Kier molecular flexibility index (Phi) is 5.60. The standard InChI is InChI=1S/C21H27N3O5/c1-13-4-2-3-5-15(13)22-19(25)9-7-16-20(26)24(21(27)23-16)11-14-6-8-17-18(10-14)29-12-28-17/h6,8,10,13,15-16H,2-5,7,9,11-12H2,1H3,(H,22,25)(H,23,27)/t13-,15+,16+/m0/s1. The largest absolute Gasteiger partial charge is 0.454 e. The van der Waals surface area contributed by atoms with Crippen LogP contribution in [0.15, 0.2) is 18.2 Å². The lowest BCUT2D eigenvalue weighted by molar-refractivity contribution is -0.128. The van der Waals surface area contributed by atoms with Gasteiger partial charge in [-0.15, -0.1) is 0 Å². The van der Waals surface area contributed by atoms with E-state index in [9.17, 15) is 14.4 Å². The predicted molar refractivity (Wildman–Crippen MR) is 104 cm³/mol. The number of amides is 4. The molecule has 1 saturated heterocycles. The maximum atomic E-state index is 12.7. The molecule has 0 spiro atoms. The Hall–Kier alpha value is -2.77. The minimum Gasteiger partial charge on any atom is -0.454 e. The number of hydrogen-bond donors (Lipinski definition) is 2. The third-order valence-corrected chi connectivity index (χ3v) is 6.00. The molecule has 1 aliphatic carbocycles. The number of benzene rings is 1. The SMILES string of the molecule is C[C@H]1CCCC[C@H]1NC(=O)CC[C@H]1NC(=O)N(Cc2ccc3c(c2)OCO3)C1=O. The van der Waals surface area contributed by atoms with E-state index in [4.69, 9.17) is 9.47 Å². The molecule has 8 nitrogen and oxygen atoms in total. The fraction of sp³-hybridized carbons (Fsp3) is 0.571. The summed E-state index contributed by atoms with van der Waals surface area (Å²) in [7, 11) is 0. The van der Waals surface area contributed by atoms with E-state index in [0.29, 0.717) is 23.8 Å². The van der Waals surface area contributed by atoms with E-state index in [-0.39, 0.29) is 37.6 Å². The first kappa shape index (κ1) is 19.5. The third-order valence-electron chi connectivity index (χ3n) is 6.00. The Morgan fingerprint density at radius 1 is 1.21 bits per heavy atom. The summed E-state index contributed by atoms with van der Waals surface area (Å²) >= 11 is 0. The van der Waals surface area contributed by atoms with Crippen molar-refractivity contribution in [2.45, 2.75) is 64.1 Å². The van der Waals surface area contributed by atoms with Crippen molar-refractivity contribution in [3.63, 3.8) is 0 Å². The van der Waals surface area contributed by atoms with Crippen LogP contribution in [0.2, 0.25) is 0 Å². The van der Waals surface area contributed by atoms with Gasteiger partial charge in [0.25, 0.3) is 5.91 Å². The first-order chi connectivity index (χ1) is 14.0. The van der Waals surface area contributed by atoms with Crippen molar-refractivity contribution < 1.29 is 23.9 Å². The quantitative estimate of drug-likeness (QED) is 0.713. The molecular weight excluding hydrogens is 374 g/mol. The highest BCUT2D eigenvalue weighted by molar-refractivity contribution is 6.04. The van der Waals surface area contributed by atoms with Crippen LogP contribution in [0.5, 0.6) is 11.5 Å². The molecule has 29 heavy (non-hydrogen) atoms. The average molecular weight is 401 g/mol. The number of imide groups is 1. The molecular formula is C21H27N3O5. The van der Waals surface area contributed by atoms with E-state index >= 15 is 0 Å². The van der Waals surface area contributed by atoms with Gasteiger partial charge >= 0.3 is 6.03 Å². The summed E-state index contributed by atoms with van der Waals surface area (Å²) in [6.45, 7) is 2.49. The molecule has 2 aliphatic heterocycles. The van der Waals surface area contributed by atoms with E-state index in [2.05, 4.69) is 17.6 Å². The lowest BCUT2D eigenvalue weighted by Gasteiger charge is -2.29. The van der Waals surface area contributed by atoms with Gasteiger partial charge in [0, 0.05) is 12.5 Å². The van der Waals surface area contributed by atoms with Crippen LogP contribution in [0.25, 0.3) is 0 Å². The molecule has 1 saturated carbocycles. The molecule has 0 aromatic heterocycles. The fourth-order valence-electron chi connectivity index (χ4n) is 4.23. The molecule has 3 aliphatic rings. The Morgan fingerprint density at radius 3 is 2.83 bits per heavy atom. The Labute approximate surface area is 169 Å². The zero-order valence-electron chi connectivity index (χ0n) is 16.6. The molecule has 8 heteroatoms. The summed E-state index contributed by atoms with van der Waals surface area (Å²) in [5, 5.41) is 5.79. The monoisotopic (exact) mass is 401 g/mol. The van der Waals surface area contributed by atoms with Crippen LogP contribution in [0, 0.1) is 5.92 Å². The van der Waals surface area contributed by atoms with E-state index in [0.717, 1.165) is 24.8 Å². The molecule has 156 valence electrons. The van der Waals surface area contributed by atoms with E-state index in [1.807, 2.05) is 0 Å². The zero-order valence-corrected chi connectivity index (χ0v) is 16.6. The smallest absolute Gasteiger partial charge is 0.325 e. The lowest BCUT2D eigenvalue weighted by Crippen LogP contribution is -2.41. The summed E-state index contributed by atoms with van der Waals surface area (Å²) < 4.78 is 10.6. The van der Waals surface area contributed by atoms with Crippen LogP contribution < -0.4 is 20.1 Å². The molecule has 2 fully saturated rings. The van der Waals surface area contributed by atoms with Crippen LogP contribution in [0.1, 0.15) is 51.0 Å². The average Bonchev–Trinajstić information content (AvgIpc) is 3.27. The van der Waals surface area contributed by atoms with Gasteiger partial charge in [0.2, 0.25) is 12.7 Å². The van der Waals surface area contributed by atoms with Gasteiger partial charge in [-0.1, -0.05) is 25.8 Å². The van der Waals surface area contributed by atoms with Gasteiger partial charge in [0.1, 0.15) is 6.04 Å². The number of hydrogen-bond acceptors (Lipinski definition) is 5. The molecule has 4 amide bonds. The number of carbonyl (C=O) groups excluding carboxylic acids is 3. The Morgan fingerprint density at radius 2 is 2.00 bits per heavy atom. The van der Waals surface area contributed by atoms with Crippen molar-refractivity contribution in [2.75, 3.05) is 6.79 Å². The second-order valence-electron chi connectivity index (χ2n) is 8.09. The van der Waals surface area contributed by atoms with Crippen LogP contribution in [0.4, 0.5) is 4.79 Å². The first-order valence-corrected chi connectivity index (χ1v) is 10.3. The highest BCUT2D eigenvalue weighted by Gasteiger charge is 2.38. The van der Waals surface area contributed by atoms with Crippen molar-refractivity contribution in [1.29, 1.82) is 0 Å². The lowest BCUT2D eigenvalue weighted by atomic mass is 9.86. The number of rotatable bonds is 6. The molecule has 0 unspecified atom stereocenters. The van der Waals surface area contributed by atoms with Crippen molar-refractivity contribution in [2.24, 2.45) is 5.92 Å². The van der Waals surface area contributed by atoms with E-state index in [1.54, 1.807) is 18.2 Å². The molecule has 0 radical (unpaired) electrons. The zero-order chi connectivity index (χ0) is 20.4. The van der Waals surface area contributed by atoms with Gasteiger partial charge in [-0.3, -0.25) is 14.5 Å². The van der Waals surface area contributed by atoms with Crippen molar-refractivity contribution in [3.8, 4) is 11.5 Å². The van der Waals surface area contributed by atoms with E-state index in [1.165, 1.54) is 11.3 Å². The van der Waals surface area contributed by atoms with Crippen molar-refractivity contribution >= 4 is 17.8 Å². The summed E-state index contributed by atoms with van der Waals surface area (Å²) in [6, 6.07) is 4.47. The number of urea groups is 1. The number of carbonyl (C=O) groups is 3. The molecule has 4 rings (SSSR count). The maximum Gasteiger partial charge on any atom is 0.325 e. The Balaban J connectivity index is 1.29. The second-order valence-corrected chi connectivity index (χ2v) is 8.09. The summed E-state index contributed by atoms with van der Waals surface area (Å²) in [5.41, 5.74) is 0.780. The molecule has 1 aromatic carbocycles. The second kappa shape index (κ2) is 8.31. The highest BCUT2D eigenvalue weighted by atomic mass is 16.7. The van der Waals surface area contributed by atoms with Gasteiger partial charge in [0.15, 0.2) is 11.5 Å². The molecule has 2 heterocycles. The topological polar surface area (TPSA) is 97.0 Å². The third kappa shape index (κ3) is 4.31. The number of nitrogens with zero attached hydrogens (tertiary/aromatic N) is 1. The van der Waals surface area contributed by atoms with Gasteiger partial charge in [0.05, 0.1) is 6.54 Å². The Bertz CT molecular complexity index is 812. The van der Waals surface area contributed by atoms with Crippen LogP contribution in [-0.2, 0) is 16.1 Å². The van der Waals surface area contributed by atoms with Crippen molar-refractivity contribution in [1.82, 2.24) is 15.5 Å². The normalized spacial score (nSPS) is 25.8. The number of fused-ring (bicyclic) bond motifs is 1. The minimum absolute atomic E-state index is 0.0555. The van der Waals surface area contributed by atoms with E-state index < -0.39 is 12.1 Å².